The zero-order valence-electron chi connectivity index (χ0n) is 15.7. The summed E-state index contributed by atoms with van der Waals surface area (Å²) in [6, 6.07) is 9.39. The van der Waals surface area contributed by atoms with Crippen molar-refractivity contribution in [1.82, 2.24) is 5.16 Å². The Morgan fingerprint density at radius 1 is 1.25 bits per heavy atom. The number of fused-ring (bicyclic) bond motifs is 1. The van der Waals surface area contributed by atoms with Gasteiger partial charge < -0.3 is 15.6 Å². The predicted octanol–water partition coefficient (Wildman–Crippen LogP) is 4.19. The summed E-state index contributed by atoms with van der Waals surface area (Å²) in [6.45, 7) is 3.89. The van der Waals surface area contributed by atoms with Gasteiger partial charge >= 0.3 is 0 Å². The van der Waals surface area contributed by atoms with E-state index in [4.69, 9.17) is 10.3 Å². The largest absolute Gasteiger partial charge is 0.365 e. The van der Waals surface area contributed by atoms with E-state index in [2.05, 4.69) is 17.4 Å². The molecule has 0 radical (unpaired) electrons. The van der Waals surface area contributed by atoms with E-state index in [1.54, 1.807) is 6.92 Å². The van der Waals surface area contributed by atoms with E-state index in [-0.39, 0.29) is 5.91 Å². The van der Waals surface area contributed by atoms with Crippen LogP contribution in [0.2, 0.25) is 0 Å². The molecule has 2 aromatic heterocycles. The number of aromatic nitrogens is 1. The van der Waals surface area contributed by atoms with E-state index >= 15 is 0 Å². The highest BCUT2D eigenvalue weighted by Gasteiger charge is 2.29. The molecule has 3 aromatic rings. The number of hydrogen-bond acceptors (Lipinski definition) is 5. The van der Waals surface area contributed by atoms with Gasteiger partial charge in [0, 0.05) is 10.4 Å². The van der Waals surface area contributed by atoms with Crippen molar-refractivity contribution in [3.63, 3.8) is 0 Å². The van der Waals surface area contributed by atoms with Gasteiger partial charge in [0.25, 0.3) is 11.8 Å². The molecular weight excluding hydrogens is 374 g/mol. The maximum absolute atomic E-state index is 13.1. The normalized spacial score (nSPS) is 15.9. The lowest BCUT2D eigenvalue weighted by Crippen LogP contribution is -2.19. The molecule has 0 saturated heterocycles. The average Bonchev–Trinajstić information content (AvgIpc) is 3.22. The van der Waals surface area contributed by atoms with Crippen LogP contribution in [0.4, 0.5) is 5.00 Å². The van der Waals surface area contributed by atoms with Crippen LogP contribution in [0.3, 0.4) is 0 Å². The molecule has 144 valence electrons. The Kier molecular flexibility index (Phi) is 4.77. The van der Waals surface area contributed by atoms with Gasteiger partial charge in [0.05, 0.1) is 5.56 Å². The number of hydrogen-bond donors (Lipinski definition) is 2. The maximum atomic E-state index is 13.1. The van der Waals surface area contributed by atoms with E-state index in [0.717, 1.165) is 35.3 Å². The number of benzene rings is 1. The summed E-state index contributed by atoms with van der Waals surface area (Å²) in [5.41, 5.74) is 8.70. The molecule has 0 unspecified atom stereocenters. The van der Waals surface area contributed by atoms with Crippen molar-refractivity contribution < 1.29 is 14.1 Å². The fraction of sp³-hybridized carbons (Fsp3) is 0.286. The summed E-state index contributed by atoms with van der Waals surface area (Å²) < 4.78 is 5.28. The number of nitrogens with zero attached hydrogens (tertiary/aromatic N) is 1. The van der Waals surface area contributed by atoms with Crippen LogP contribution >= 0.6 is 11.3 Å². The number of carbonyl (C=O) groups excluding carboxylic acids is 2. The molecule has 0 fully saturated rings. The van der Waals surface area contributed by atoms with Gasteiger partial charge in [0.2, 0.25) is 0 Å². The smallest absolute Gasteiger partial charge is 0.262 e. The van der Waals surface area contributed by atoms with Crippen LogP contribution in [0.15, 0.2) is 34.9 Å². The van der Waals surface area contributed by atoms with Gasteiger partial charge in [0.15, 0.2) is 0 Å². The maximum Gasteiger partial charge on any atom is 0.262 e. The van der Waals surface area contributed by atoms with Crippen LogP contribution in [0, 0.1) is 12.8 Å². The lowest BCUT2D eigenvalue weighted by molar-refractivity contribution is 0.1000. The van der Waals surface area contributed by atoms with Crippen LogP contribution in [0.25, 0.3) is 11.3 Å². The lowest BCUT2D eigenvalue weighted by atomic mass is 9.88. The van der Waals surface area contributed by atoms with Crippen molar-refractivity contribution in [2.75, 3.05) is 5.32 Å². The first-order valence-electron chi connectivity index (χ1n) is 9.23. The zero-order valence-corrected chi connectivity index (χ0v) is 16.6. The second kappa shape index (κ2) is 7.24. The first kappa shape index (κ1) is 18.4. The van der Waals surface area contributed by atoms with Crippen LogP contribution in [0.1, 0.15) is 50.3 Å². The molecule has 0 aliphatic heterocycles. The number of aryl methyl sites for hydroxylation is 1. The van der Waals surface area contributed by atoms with Crippen LogP contribution in [-0.4, -0.2) is 17.0 Å². The summed E-state index contributed by atoms with van der Waals surface area (Å²) >= 11 is 1.44. The molecule has 28 heavy (non-hydrogen) atoms. The number of primary amides is 1. The number of anilines is 1. The van der Waals surface area contributed by atoms with Crippen molar-refractivity contribution >= 4 is 28.2 Å². The first-order valence-corrected chi connectivity index (χ1v) is 10.0. The molecule has 0 saturated carbocycles. The highest BCUT2D eigenvalue weighted by Crippen LogP contribution is 2.40. The Labute approximate surface area is 166 Å². The van der Waals surface area contributed by atoms with Gasteiger partial charge in [0.1, 0.15) is 22.0 Å². The van der Waals surface area contributed by atoms with Crippen molar-refractivity contribution in [2.45, 2.75) is 33.1 Å². The number of carbonyl (C=O) groups is 2. The van der Waals surface area contributed by atoms with Crippen molar-refractivity contribution in [1.29, 1.82) is 0 Å². The highest BCUT2D eigenvalue weighted by molar-refractivity contribution is 7.17. The Balaban J connectivity index is 1.71. The van der Waals surface area contributed by atoms with E-state index in [1.807, 2.05) is 30.3 Å². The molecule has 0 spiro atoms. The minimum absolute atomic E-state index is 0.355. The minimum atomic E-state index is -0.507. The number of nitrogens with two attached hydrogens (primary N) is 1. The molecule has 6 nitrogen and oxygen atoms in total. The van der Waals surface area contributed by atoms with Gasteiger partial charge in [-0.15, -0.1) is 11.3 Å². The summed E-state index contributed by atoms with van der Waals surface area (Å²) in [5, 5.41) is 7.46. The molecule has 7 heteroatoms. The second-order valence-corrected chi connectivity index (χ2v) is 8.31. The van der Waals surface area contributed by atoms with Crippen LogP contribution in [-0.2, 0) is 12.8 Å². The van der Waals surface area contributed by atoms with Gasteiger partial charge in [-0.1, -0.05) is 42.4 Å². The van der Waals surface area contributed by atoms with Crippen molar-refractivity contribution in [2.24, 2.45) is 11.7 Å². The van der Waals surface area contributed by atoms with E-state index in [0.29, 0.717) is 33.5 Å². The Morgan fingerprint density at radius 2 is 2.00 bits per heavy atom. The summed E-state index contributed by atoms with van der Waals surface area (Å²) in [7, 11) is 0. The molecule has 1 aromatic carbocycles. The van der Waals surface area contributed by atoms with Gasteiger partial charge in [-0.2, -0.15) is 0 Å². The van der Waals surface area contributed by atoms with Gasteiger partial charge in [-0.05, 0) is 37.7 Å². The number of nitrogens with one attached hydrogen (secondary N) is 1. The molecular formula is C21H21N3O3S. The summed E-state index contributed by atoms with van der Waals surface area (Å²) in [5.74, 6) is 0.117. The second-order valence-electron chi connectivity index (χ2n) is 7.20. The monoisotopic (exact) mass is 395 g/mol. The summed E-state index contributed by atoms with van der Waals surface area (Å²) in [4.78, 5) is 26.3. The SMILES string of the molecule is Cc1onc(-c2ccccc2)c1C(=O)Nc1sc2c(c1C(N)=O)CC[C@H](C)C2. The van der Waals surface area contributed by atoms with Crippen molar-refractivity contribution in [3.8, 4) is 11.3 Å². The molecule has 1 aliphatic carbocycles. The van der Waals surface area contributed by atoms with Gasteiger partial charge in [-0.3, -0.25) is 9.59 Å². The molecule has 2 heterocycles. The van der Waals surface area contributed by atoms with Crippen LogP contribution in [0.5, 0.6) is 0 Å². The predicted molar refractivity (Wildman–Crippen MR) is 109 cm³/mol. The molecule has 1 aliphatic rings. The standard InChI is InChI=1S/C21H21N3O3S/c1-11-8-9-14-15(10-11)28-21(17(14)19(22)25)23-20(26)16-12(2)27-24-18(16)13-6-4-3-5-7-13/h3-7,11H,8-10H2,1-2H3,(H2,22,25)(H,23,26)/t11-/m0/s1. The molecule has 3 N–H and O–H groups in total. The molecule has 1 atom stereocenters. The van der Waals surface area contributed by atoms with Crippen molar-refractivity contribution in [3.05, 3.63) is 57.7 Å². The third-order valence-corrected chi connectivity index (χ3v) is 6.29. The number of amides is 2. The highest BCUT2D eigenvalue weighted by atomic mass is 32.1. The minimum Gasteiger partial charge on any atom is -0.365 e. The molecule has 2 amide bonds. The fourth-order valence-corrected chi connectivity index (χ4v) is 5.11. The number of rotatable bonds is 4. The zero-order chi connectivity index (χ0) is 19.8. The molecule has 0 bridgehead atoms. The van der Waals surface area contributed by atoms with Crippen LogP contribution < -0.4 is 11.1 Å². The quantitative estimate of drug-likeness (QED) is 0.692. The topological polar surface area (TPSA) is 98.2 Å². The van der Waals surface area contributed by atoms with E-state index < -0.39 is 5.91 Å². The van der Waals surface area contributed by atoms with E-state index in [1.165, 1.54) is 11.3 Å². The lowest BCUT2D eigenvalue weighted by Gasteiger charge is -2.18. The third-order valence-electron chi connectivity index (χ3n) is 5.12. The van der Waals surface area contributed by atoms with E-state index in [9.17, 15) is 9.59 Å². The molecule has 4 rings (SSSR count). The Morgan fingerprint density at radius 3 is 2.71 bits per heavy atom. The Hall–Kier alpha value is -2.93. The number of thiophene rings is 1. The fourth-order valence-electron chi connectivity index (χ4n) is 3.70. The Bertz CT molecular complexity index is 1050. The first-order chi connectivity index (χ1) is 13.5. The third kappa shape index (κ3) is 3.22. The van der Waals surface area contributed by atoms with Gasteiger partial charge in [-0.25, -0.2) is 0 Å². The average molecular weight is 395 g/mol. The summed E-state index contributed by atoms with van der Waals surface area (Å²) in [6.07, 6.45) is 2.72.